The van der Waals surface area contributed by atoms with Crippen molar-refractivity contribution in [3.05, 3.63) is 30.3 Å². The first kappa shape index (κ1) is 8.61. The fourth-order valence-electron chi connectivity index (χ4n) is 1.97. The van der Waals surface area contributed by atoms with E-state index in [9.17, 15) is 0 Å². The Morgan fingerprint density at radius 2 is 1.77 bits per heavy atom. The lowest BCUT2D eigenvalue weighted by Crippen LogP contribution is -2.21. The third kappa shape index (κ3) is 2.48. The molecule has 1 aromatic carbocycles. The van der Waals surface area contributed by atoms with Gasteiger partial charge in [0.15, 0.2) is 0 Å². The minimum absolute atomic E-state index is 0.705. The fourth-order valence-corrected chi connectivity index (χ4v) is 1.97. The average Bonchev–Trinajstić information content (AvgIpc) is 2.21. The molecule has 0 aromatic heterocycles. The van der Waals surface area contributed by atoms with Crippen LogP contribution in [0.1, 0.15) is 32.1 Å². The maximum absolute atomic E-state index is 3.56. The fraction of sp³-hybridized carbons (Fsp3) is 0.500. The zero-order valence-electron chi connectivity index (χ0n) is 7.92. The molecule has 69 valence electrons. The predicted molar refractivity (Wildman–Crippen MR) is 55.8 cm³/mol. The minimum atomic E-state index is 0.705. The van der Waals surface area contributed by atoms with Crippen molar-refractivity contribution >= 4 is 5.69 Å². The van der Waals surface area contributed by atoms with E-state index in [1.165, 1.54) is 37.8 Å². The van der Waals surface area contributed by atoms with Crippen molar-refractivity contribution in [3.8, 4) is 0 Å². The van der Waals surface area contributed by atoms with E-state index in [4.69, 9.17) is 0 Å². The molecule has 0 spiro atoms. The van der Waals surface area contributed by atoms with Gasteiger partial charge in [-0.15, -0.1) is 0 Å². The van der Waals surface area contributed by atoms with Crippen molar-refractivity contribution in [1.29, 1.82) is 0 Å². The zero-order valence-corrected chi connectivity index (χ0v) is 7.92. The van der Waals surface area contributed by atoms with Crippen LogP contribution in [0.2, 0.25) is 0 Å². The van der Waals surface area contributed by atoms with Crippen molar-refractivity contribution in [3.63, 3.8) is 0 Å². The van der Waals surface area contributed by atoms with Gasteiger partial charge in [0.1, 0.15) is 0 Å². The lowest BCUT2D eigenvalue weighted by atomic mass is 9.95. The predicted octanol–water partition coefficient (Wildman–Crippen LogP) is 3.23. The van der Waals surface area contributed by atoms with Crippen molar-refractivity contribution < 1.29 is 0 Å². The molecule has 0 aliphatic heterocycles. The van der Waals surface area contributed by atoms with Crippen LogP contribution < -0.4 is 5.32 Å². The molecule has 1 aliphatic rings. The monoisotopic (exact) mass is 174 g/mol. The summed E-state index contributed by atoms with van der Waals surface area (Å²) in [6.45, 7) is 0. The number of hydrogen-bond acceptors (Lipinski definition) is 1. The van der Waals surface area contributed by atoms with Crippen LogP contribution in [-0.2, 0) is 0 Å². The van der Waals surface area contributed by atoms with Crippen molar-refractivity contribution in [2.75, 3.05) is 5.32 Å². The van der Waals surface area contributed by atoms with Gasteiger partial charge in [-0.1, -0.05) is 31.4 Å². The molecule has 1 aromatic rings. The zero-order chi connectivity index (χ0) is 8.93. The van der Waals surface area contributed by atoms with E-state index in [0.717, 1.165) is 0 Å². The third-order valence-corrected chi connectivity index (χ3v) is 2.69. The molecule has 0 amide bonds. The van der Waals surface area contributed by atoms with Crippen LogP contribution in [0.3, 0.4) is 0 Å². The molecule has 2 rings (SSSR count). The number of benzene rings is 1. The molecule has 1 heteroatoms. The highest BCUT2D eigenvalue weighted by Crippen LogP contribution is 2.21. The first-order valence-corrected chi connectivity index (χ1v) is 5.18. The van der Waals surface area contributed by atoms with Gasteiger partial charge in [-0.05, 0) is 31.0 Å². The van der Waals surface area contributed by atoms with E-state index in [-0.39, 0.29) is 0 Å². The van der Waals surface area contributed by atoms with Gasteiger partial charge in [-0.25, -0.2) is 0 Å². The standard InChI is InChI=1S/C12H16N/c1-3-7-11(8-4-1)13-12-9-5-2-6-10-12/h5-6,9-11,13H,1,3-4,7-8H2. The second kappa shape index (κ2) is 4.31. The van der Waals surface area contributed by atoms with Crippen LogP contribution in [0.5, 0.6) is 0 Å². The highest BCUT2D eigenvalue weighted by atomic mass is 14.9. The summed E-state index contributed by atoms with van der Waals surface area (Å²) in [6, 6.07) is 11.8. The quantitative estimate of drug-likeness (QED) is 0.725. The van der Waals surface area contributed by atoms with E-state index >= 15 is 0 Å². The number of rotatable bonds is 2. The molecule has 0 bridgehead atoms. The topological polar surface area (TPSA) is 12.0 Å². The van der Waals surface area contributed by atoms with Gasteiger partial charge >= 0.3 is 0 Å². The van der Waals surface area contributed by atoms with Gasteiger partial charge < -0.3 is 5.32 Å². The Bertz CT molecular complexity index is 237. The molecule has 0 unspecified atom stereocenters. The van der Waals surface area contributed by atoms with E-state index < -0.39 is 0 Å². The molecule has 1 N–H and O–H groups in total. The molecule has 1 fully saturated rings. The lowest BCUT2D eigenvalue weighted by molar-refractivity contribution is 0.463. The second-order valence-electron chi connectivity index (χ2n) is 3.77. The Labute approximate surface area is 80.2 Å². The Kier molecular flexibility index (Phi) is 2.86. The van der Waals surface area contributed by atoms with E-state index in [0.29, 0.717) is 6.04 Å². The third-order valence-electron chi connectivity index (χ3n) is 2.69. The molecule has 13 heavy (non-hydrogen) atoms. The van der Waals surface area contributed by atoms with Crippen molar-refractivity contribution in [2.45, 2.75) is 38.1 Å². The largest absolute Gasteiger partial charge is 0.382 e. The Hall–Kier alpha value is -0.980. The summed E-state index contributed by atoms with van der Waals surface area (Å²) in [4.78, 5) is 0. The van der Waals surface area contributed by atoms with Gasteiger partial charge in [0.25, 0.3) is 0 Å². The highest BCUT2D eigenvalue weighted by molar-refractivity contribution is 5.43. The SMILES string of the molecule is [c]1ccc(NC2CCCCC2)cc1. The summed E-state index contributed by atoms with van der Waals surface area (Å²) < 4.78 is 0. The molecule has 0 heterocycles. The van der Waals surface area contributed by atoms with Crippen LogP contribution in [0, 0.1) is 6.07 Å². The first-order valence-electron chi connectivity index (χ1n) is 5.18. The Morgan fingerprint density at radius 3 is 2.46 bits per heavy atom. The Balaban J connectivity index is 1.90. The second-order valence-corrected chi connectivity index (χ2v) is 3.77. The first-order chi connectivity index (χ1) is 6.45. The van der Waals surface area contributed by atoms with Crippen LogP contribution in [0.25, 0.3) is 0 Å². The summed E-state index contributed by atoms with van der Waals surface area (Å²) in [5.74, 6) is 0. The smallest absolute Gasteiger partial charge is 0.0342 e. The normalized spacial score (nSPS) is 18.5. The van der Waals surface area contributed by atoms with Gasteiger partial charge in [0.2, 0.25) is 0 Å². The molecular weight excluding hydrogens is 158 g/mol. The van der Waals surface area contributed by atoms with E-state index in [1.807, 2.05) is 12.1 Å². The van der Waals surface area contributed by atoms with Gasteiger partial charge in [-0.2, -0.15) is 0 Å². The summed E-state index contributed by atoms with van der Waals surface area (Å²) in [7, 11) is 0. The van der Waals surface area contributed by atoms with Crippen LogP contribution in [-0.4, -0.2) is 6.04 Å². The summed E-state index contributed by atoms with van der Waals surface area (Å²) in [5.41, 5.74) is 1.24. The minimum Gasteiger partial charge on any atom is -0.382 e. The lowest BCUT2D eigenvalue weighted by Gasteiger charge is -2.23. The van der Waals surface area contributed by atoms with Gasteiger partial charge in [0.05, 0.1) is 0 Å². The van der Waals surface area contributed by atoms with E-state index in [1.54, 1.807) is 0 Å². The van der Waals surface area contributed by atoms with Crippen LogP contribution >= 0.6 is 0 Å². The van der Waals surface area contributed by atoms with Gasteiger partial charge in [-0.3, -0.25) is 0 Å². The summed E-state index contributed by atoms with van der Waals surface area (Å²) in [5, 5.41) is 3.56. The summed E-state index contributed by atoms with van der Waals surface area (Å²) in [6.07, 6.45) is 6.85. The molecule has 1 aliphatic carbocycles. The van der Waals surface area contributed by atoms with Crippen LogP contribution in [0.15, 0.2) is 24.3 Å². The maximum atomic E-state index is 3.56. The molecule has 1 saturated carbocycles. The maximum Gasteiger partial charge on any atom is 0.0342 e. The van der Waals surface area contributed by atoms with Crippen LogP contribution in [0.4, 0.5) is 5.69 Å². The molecule has 0 saturated heterocycles. The van der Waals surface area contributed by atoms with Gasteiger partial charge in [0, 0.05) is 11.7 Å². The molecule has 0 atom stereocenters. The van der Waals surface area contributed by atoms with Crippen molar-refractivity contribution in [1.82, 2.24) is 0 Å². The molecular formula is C12H16N. The highest BCUT2D eigenvalue weighted by Gasteiger charge is 2.12. The Morgan fingerprint density at radius 1 is 1.08 bits per heavy atom. The number of anilines is 1. The van der Waals surface area contributed by atoms with E-state index in [2.05, 4.69) is 23.5 Å². The summed E-state index contributed by atoms with van der Waals surface area (Å²) >= 11 is 0. The average molecular weight is 174 g/mol. The number of nitrogens with one attached hydrogen (secondary N) is 1. The number of hydrogen-bond donors (Lipinski definition) is 1. The van der Waals surface area contributed by atoms with Crippen molar-refractivity contribution in [2.24, 2.45) is 0 Å². The molecule has 1 nitrogen and oxygen atoms in total. The molecule has 1 radical (unpaired) electrons.